The second-order valence-corrected chi connectivity index (χ2v) is 10.4. The molecule has 0 fully saturated rings. The van der Waals surface area contributed by atoms with Crippen LogP contribution in [-0.2, 0) is 24.3 Å². The number of amides is 1. The zero-order valence-corrected chi connectivity index (χ0v) is 25.2. The van der Waals surface area contributed by atoms with Gasteiger partial charge in [-0.3, -0.25) is 19.8 Å². The molecule has 0 spiro atoms. The number of methoxy groups -OCH3 is 1. The van der Waals surface area contributed by atoms with Crippen LogP contribution in [0.3, 0.4) is 0 Å². The molecule has 14 heteroatoms. The van der Waals surface area contributed by atoms with Crippen LogP contribution in [0.5, 0.6) is 11.5 Å². The highest BCUT2D eigenvalue weighted by atomic mass is 19.4. The van der Waals surface area contributed by atoms with Gasteiger partial charge in [0.25, 0.3) is 5.91 Å². The van der Waals surface area contributed by atoms with Gasteiger partial charge in [-0.05, 0) is 62.9 Å². The van der Waals surface area contributed by atoms with Crippen LogP contribution >= 0.6 is 0 Å². The molecule has 1 aliphatic rings. The van der Waals surface area contributed by atoms with Gasteiger partial charge in [0.05, 0.1) is 25.1 Å². The van der Waals surface area contributed by atoms with Gasteiger partial charge in [-0.2, -0.15) is 13.2 Å². The van der Waals surface area contributed by atoms with Crippen molar-refractivity contribution in [3.63, 3.8) is 0 Å². The number of carbonyl (C=O) groups is 1. The van der Waals surface area contributed by atoms with Gasteiger partial charge >= 0.3 is 11.9 Å². The van der Waals surface area contributed by atoms with Crippen LogP contribution in [-0.4, -0.2) is 41.5 Å². The highest BCUT2D eigenvalue weighted by Crippen LogP contribution is 2.38. The Kier molecular flexibility index (Phi) is 9.42. The van der Waals surface area contributed by atoms with Crippen LogP contribution in [0.2, 0.25) is 0 Å². The molecule has 44 heavy (non-hydrogen) atoms. The van der Waals surface area contributed by atoms with E-state index in [0.717, 1.165) is 27.8 Å². The lowest BCUT2D eigenvalue weighted by Gasteiger charge is -2.25. The van der Waals surface area contributed by atoms with Crippen LogP contribution in [0.15, 0.2) is 51.5 Å². The first-order chi connectivity index (χ1) is 20.8. The van der Waals surface area contributed by atoms with Crippen LogP contribution in [0.1, 0.15) is 29.2 Å². The molecule has 11 nitrogen and oxygen atoms in total. The predicted molar refractivity (Wildman–Crippen MR) is 159 cm³/mol. The lowest BCUT2D eigenvalue weighted by Crippen LogP contribution is -2.45. The Morgan fingerprint density at radius 1 is 1.09 bits per heavy atom. The van der Waals surface area contributed by atoms with E-state index in [1.165, 1.54) is 4.57 Å². The summed E-state index contributed by atoms with van der Waals surface area (Å²) in [6.07, 6.45) is -4.42. The van der Waals surface area contributed by atoms with Gasteiger partial charge in [0.2, 0.25) is 0 Å². The van der Waals surface area contributed by atoms with Crippen molar-refractivity contribution in [3.05, 3.63) is 80.0 Å². The molecule has 1 aliphatic heterocycles. The second kappa shape index (κ2) is 12.9. The van der Waals surface area contributed by atoms with Gasteiger partial charge in [0.1, 0.15) is 16.9 Å². The highest BCUT2D eigenvalue weighted by molar-refractivity contribution is 5.93. The number of nitrogens with two attached hydrogens (primary N) is 2. The number of alkyl halides is 3. The minimum absolute atomic E-state index is 0.100. The third-order valence-electron chi connectivity index (χ3n) is 7.29. The van der Waals surface area contributed by atoms with Gasteiger partial charge in [-0.25, -0.2) is 9.79 Å². The van der Waals surface area contributed by atoms with Crippen LogP contribution in [0, 0.1) is 20.8 Å². The van der Waals surface area contributed by atoms with E-state index < -0.39 is 29.2 Å². The number of carbonyl (C=O) groups excluding carboxylic acids is 1. The molecule has 2 heterocycles. The number of rotatable bonds is 9. The topological polar surface area (TPSA) is 151 Å². The number of benzene rings is 2. The van der Waals surface area contributed by atoms with Crippen molar-refractivity contribution in [2.75, 3.05) is 20.3 Å². The van der Waals surface area contributed by atoms with Gasteiger partial charge in [0, 0.05) is 31.3 Å². The maximum Gasteiger partial charge on any atom is 0.433 e. The number of allylic oxidation sites excluding steroid dienone is 1. The molecule has 6 N–H and O–H groups in total. The summed E-state index contributed by atoms with van der Waals surface area (Å²) in [6, 6.07) is 9.50. The third-order valence-corrected chi connectivity index (χ3v) is 7.29. The Labute approximate surface area is 252 Å². The summed E-state index contributed by atoms with van der Waals surface area (Å²) in [6.45, 7) is 8.20. The SMILES string of the molecule is CCOc1cc2c(cc1OC)-c1c/c(=N\c3c(C)cc(C)cc3C)n(CCNC(=O)/C(NN)=C(/N)C(F)(F)F)c(=O)n1CC2. The number of hydrogen-bond acceptors (Lipinski definition) is 8. The highest BCUT2D eigenvalue weighted by Gasteiger charge is 2.36. The normalized spacial score (nSPS) is 13.5. The van der Waals surface area contributed by atoms with Crippen molar-refractivity contribution >= 4 is 11.6 Å². The summed E-state index contributed by atoms with van der Waals surface area (Å²) in [5.41, 5.74) is 9.91. The molecule has 2 aromatic carbocycles. The minimum Gasteiger partial charge on any atom is -0.493 e. The molecule has 1 aromatic heterocycles. The predicted octanol–water partition coefficient (Wildman–Crippen LogP) is 2.75. The van der Waals surface area contributed by atoms with E-state index in [1.54, 1.807) is 23.2 Å². The van der Waals surface area contributed by atoms with Crippen molar-refractivity contribution in [2.24, 2.45) is 16.6 Å². The van der Waals surface area contributed by atoms with Gasteiger partial charge < -0.3 is 25.9 Å². The Bertz CT molecular complexity index is 1730. The maximum absolute atomic E-state index is 14.0. The first kappa shape index (κ1) is 32.2. The molecular formula is C30H36F3N7O4. The van der Waals surface area contributed by atoms with E-state index in [4.69, 9.17) is 26.0 Å². The summed E-state index contributed by atoms with van der Waals surface area (Å²) < 4.78 is 53.5. The van der Waals surface area contributed by atoms with Gasteiger partial charge in [-0.1, -0.05) is 17.7 Å². The number of aryl methyl sites for hydroxylation is 4. The van der Waals surface area contributed by atoms with E-state index in [1.807, 2.05) is 52.0 Å². The van der Waals surface area contributed by atoms with Crippen molar-refractivity contribution in [3.8, 4) is 22.8 Å². The van der Waals surface area contributed by atoms with Crippen LogP contribution in [0.25, 0.3) is 11.3 Å². The number of hydrogen-bond donors (Lipinski definition) is 4. The van der Waals surface area contributed by atoms with E-state index >= 15 is 0 Å². The lowest BCUT2D eigenvalue weighted by molar-refractivity contribution is -0.120. The largest absolute Gasteiger partial charge is 0.493 e. The summed E-state index contributed by atoms with van der Waals surface area (Å²) in [4.78, 5) is 31.4. The summed E-state index contributed by atoms with van der Waals surface area (Å²) >= 11 is 0. The first-order valence-electron chi connectivity index (χ1n) is 13.9. The Morgan fingerprint density at radius 2 is 1.77 bits per heavy atom. The van der Waals surface area contributed by atoms with Gasteiger partial charge in [0.15, 0.2) is 11.5 Å². The van der Waals surface area contributed by atoms with Crippen LogP contribution in [0.4, 0.5) is 18.9 Å². The average molecular weight is 616 g/mol. The Balaban J connectivity index is 1.85. The number of ether oxygens (including phenoxy) is 2. The van der Waals surface area contributed by atoms with Gasteiger partial charge in [-0.15, -0.1) is 0 Å². The lowest BCUT2D eigenvalue weighted by atomic mass is 9.97. The molecule has 0 saturated carbocycles. The van der Waals surface area contributed by atoms with Crippen LogP contribution < -0.4 is 43.0 Å². The number of aromatic nitrogens is 2. The zero-order valence-electron chi connectivity index (χ0n) is 25.2. The molecule has 0 radical (unpaired) electrons. The minimum atomic E-state index is -4.97. The van der Waals surface area contributed by atoms with Crippen molar-refractivity contribution in [1.82, 2.24) is 19.9 Å². The molecule has 0 saturated heterocycles. The summed E-state index contributed by atoms with van der Waals surface area (Å²) in [5.74, 6) is 5.10. The number of hydrazine groups is 1. The van der Waals surface area contributed by atoms with Crippen molar-refractivity contribution < 1.29 is 27.4 Å². The molecule has 236 valence electrons. The molecule has 3 aromatic rings. The molecule has 0 atom stereocenters. The third kappa shape index (κ3) is 6.44. The van der Waals surface area contributed by atoms with E-state index in [2.05, 4.69) is 5.32 Å². The maximum atomic E-state index is 14.0. The fourth-order valence-corrected chi connectivity index (χ4v) is 5.31. The number of fused-ring (bicyclic) bond motifs is 3. The van der Waals surface area contributed by atoms with E-state index in [9.17, 15) is 22.8 Å². The number of halogens is 3. The molecule has 0 aliphatic carbocycles. The first-order valence-corrected chi connectivity index (χ1v) is 13.9. The van der Waals surface area contributed by atoms with E-state index in [0.29, 0.717) is 47.9 Å². The molecule has 0 unspecified atom stereocenters. The molecule has 4 rings (SSSR count). The van der Waals surface area contributed by atoms with Crippen molar-refractivity contribution in [2.45, 2.75) is 53.4 Å². The molecule has 0 bridgehead atoms. The Morgan fingerprint density at radius 3 is 2.36 bits per heavy atom. The monoisotopic (exact) mass is 615 g/mol. The summed E-state index contributed by atoms with van der Waals surface area (Å²) in [7, 11) is 1.54. The number of nitrogens with zero attached hydrogens (tertiary/aromatic N) is 3. The summed E-state index contributed by atoms with van der Waals surface area (Å²) in [5, 5.41) is 2.35. The fraction of sp³-hybridized carbons (Fsp3) is 0.367. The van der Waals surface area contributed by atoms with Crippen molar-refractivity contribution in [1.29, 1.82) is 0 Å². The fourth-order valence-electron chi connectivity index (χ4n) is 5.31. The quantitative estimate of drug-likeness (QED) is 0.164. The standard InChI is InChI=1S/C30H36F3N7O4/c1-6-44-23-13-19-7-9-39-21(20(19)14-22(23)43-5)15-24(37-25-17(3)11-16(2)12-18(25)4)40(29(39)42)10-8-36-28(41)26(38-35)27(34)30(31,32)33/h11-15,38H,6-10,34-35H2,1-5H3,(H,36,41)/b27-26-,37-24+. The Hall–Kier alpha value is -4.72. The zero-order chi connectivity index (χ0) is 32.3. The molecular weight excluding hydrogens is 579 g/mol. The molecule has 1 amide bonds. The second-order valence-electron chi connectivity index (χ2n) is 10.4. The smallest absolute Gasteiger partial charge is 0.433 e. The average Bonchev–Trinajstić information content (AvgIpc) is 2.95. The van der Waals surface area contributed by atoms with E-state index in [-0.39, 0.29) is 13.1 Å². The number of nitrogens with one attached hydrogen (secondary N) is 2.